The number of nitrogens with one attached hydrogen (secondary N) is 1. The number of methoxy groups -OCH3 is 1. The highest BCUT2D eigenvalue weighted by molar-refractivity contribution is 7.99. The van der Waals surface area contributed by atoms with Crippen LogP contribution in [0.2, 0.25) is 0 Å². The van der Waals surface area contributed by atoms with E-state index in [1.165, 1.54) is 4.90 Å². The number of carbonyl (C=O) groups is 1. The molecule has 1 aromatic carbocycles. The van der Waals surface area contributed by atoms with E-state index in [9.17, 15) is 4.79 Å². The smallest absolute Gasteiger partial charge is 0.250 e. The summed E-state index contributed by atoms with van der Waals surface area (Å²) < 4.78 is 10.1. The molecule has 21 heavy (non-hydrogen) atoms. The fourth-order valence-corrected chi connectivity index (χ4v) is 2.68. The van der Waals surface area contributed by atoms with Gasteiger partial charge in [0.15, 0.2) is 0 Å². The van der Waals surface area contributed by atoms with Gasteiger partial charge in [-0.15, -0.1) is 11.8 Å². The average Bonchev–Trinajstić information content (AvgIpc) is 2.46. The second-order valence-corrected chi connectivity index (χ2v) is 6.42. The molecular weight excluding hydrogens is 286 g/mol. The zero-order valence-electron chi connectivity index (χ0n) is 13.3. The highest BCUT2D eigenvalue weighted by Gasteiger charge is 2.07. The number of benzene rings is 1. The topological polar surface area (TPSA) is 47.6 Å². The van der Waals surface area contributed by atoms with E-state index in [2.05, 4.69) is 25.2 Å². The first kappa shape index (κ1) is 18.0. The molecule has 1 atom stereocenters. The van der Waals surface area contributed by atoms with Gasteiger partial charge in [0.05, 0.1) is 13.2 Å². The second kappa shape index (κ2) is 9.82. The van der Waals surface area contributed by atoms with E-state index in [-0.39, 0.29) is 12.5 Å². The first-order valence-corrected chi connectivity index (χ1v) is 8.08. The number of hydrogen-bond acceptors (Lipinski definition) is 4. The molecule has 0 spiro atoms. The maximum atomic E-state index is 11.8. The van der Waals surface area contributed by atoms with Crippen molar-refractivity contribution in [2.75, 3.05) is 32.2 Å². The first-order chi connectivity index (χ1) is 10.1. The van der Waals surface area contributed by atoms with Crippen molar-refractivity contribution in [1.82, 2.24) is 0 Å². The molecule has 0 aliphatic rings. The van der Waals surface area contributed by atoms with Crippen LogP contribution in [-0.2, 0) is 14.3 Å². The minimum Gasteiger partial charge on any atom is -0.382 e. The van der Waals surface area contributed by atoms with Crippen molar-refractivity contribution >= 4 is 23.4 Å². The molecule has 1 aromatic rings. The Balaban J connectivity index is 2.50. The molecule has 0 unspecified atom stereocenters. The van der Waals surface area contributed by atoms with Gasteiger partial charge in [-0.3, -0.25) is 4.79 Å². The minimum absolute atomic E-state index is 0.0478. The largest absolute Gasteiger partial charge is 0.382 e. The number of amides is 1. The van der Waals surface area contributed by atoms with Crippen LogP contribution < -0.4 is 5.32 Å². The van der Waals surface area contributed by atoms with Gasteiger partial charge in [-0.2, -0.15) is 0 Å². The molecule has 118 valence electrons. The summed E-state index contributed by atoms with van der Waals surface area (Å²) in [7, 11) is 1.60. The van der Waals surface area contributed by atoms with E-state index >= 15 is 0 Å². The van der Waals surface area contributed by atoms with E-state index < -0.39 is 0 Å². The Morgan fingerprint density at radius 1 is 1.38 bits per heavy atom. The third kappa shape index (κ3) is 6.98. The van der Waals surface area contributed by atoms with Crippen LogP contribution >= 0.6 is 11.8 Å². The monoisotopic (exact) mass is 311 g/mol. The van der Waals surface area contributed by atoms with Crippen LogP contribution in [0.25, 0.3) is 0 Å². The number of thioether (sulfide) groups is 1. The van der Waals surface area contributed by atoms with Gasteiger partial charge in [-0.25, -0.2) is 0 Å². The molecule has 0 aliphatic carbocycles. The molecule has 0 aromatic heterocycles. The Morgan fingerprint density at radius 3 is 2.76 bits per heavy atom. The number of ether oxygens (including phenoxy) is 2. The Hall–Kier alpha value is -1.04. The highest BCUT2D eigenvalue weighted by atomic mass is 32.2. The SMILES string of the molecule is CC[C@H](C)Sc1ccc(NC(=O)COCCOC)c(C)c1. The number of carbonyl (C=O) groups excluding carboxylic acids is 1. The molecular formula is C16H25NO3S. The predicted molar refractivity (Wildman–Crippen MR) is 88.1 cm³/mol. The van der Waals surface area contributed by atoms with Crippen molar-refractivity contribution < 1.29 is 14.3 Å². The van der Waals surface area contributed by atoms with Crippen LogP contribution in [0.15, 0.2) is 23.1 Å². The van der Waals surface area contributed by atoms with Gasteiger partial charge in [0.1, 0.15) is 6.61 Å². The summed E-state index contributed by atoms with van der Waals surface area (Å²) in [5.74, 6) is -0.142. The zero-order valence-corrected chi connectivity index (χ0v) is 14.1. The Kier molecular flexibility index (Phi) is 8.42. The molecule has 0 aliphatic heterocycles. The van der Waals surface area contributed by atoms with Crippen LogP contribution in [0.3, 0.4) is 0 Å². The molecule has 0 fully saturated rings. The minimum atomic E-state index is -0.142. The second-order valence-electron chi connectivity index (χ2n) is 4.91. The molecule has 0 saturated carbocycles. The molecule has 0 heterocycles. The molecule has 0 bridgehead atoms. The summed E-state index contributed by atoms with van der Waals surface area (Å²) in [6, 6.07) is 6.11. The van der Waals surface area contributed by atoms with Gasteiger partial charge >= 0.3 is 0 Å². The van der Waals surface area contributed by atoms with Crippen LogP contribution in [0.5, 0.6) is 0 Å². The quantitative estimate of drug-likeness (QED) is 0.560. The van der Waals surface area contributed by atoms with E-state index in [0.29, 0.717) is 18.5 Å². The number of rotatable bonds is 9. The van der Waals surface area contributed by atoms with E-state index in [1.54, 1.807) is 7.11 Å². The van der Waals surface area contributed by atoms with Gasteiger partial charge in [0.25, 0.3) is 0 Å². The van der Waals surface area contributed by atoms with Crippen molar-refractivity contribution in [3.8, 4) is 0 Å². The fraction of sp³-hybridized carbons (Fsp3) is 0.562. The Bertz CT molecular complexity index is 451. The van der Waals surface area contributed by atoms with Crippen LogP contribution in [0.1, 0.15) is 25.8 Å². The third-order valence-electron chi connectivity index (χ3n) is 3.05. The number of hydrogen-bond donors (Lipinski definition) is 1. The summed E-state index contributed by atoms with van der Waals surface area (Å²) in [4.78, 5) is 13.0. The summed E-state index contributed by atoms with van der Waals surface area (Å²) in [5.41, 5.74) is 1.90. The lowest BCUT2D eigenvalue weighted by atomic mass is 10.2. The average molecular weight is 311 g/mol. The number of aryl methyl sites for hydroxylation is 1. The lowest BCUT2D eigenvalue weighted by Gasteiger charge is -2.12. The maximum absolute atomic E-state index is 11.8. The highest BCUT2D eigenvalue weighted by Crippen LogP contribution is 2.28. The van der Waals surface area contributed by atoms with Crippen molar-refractivity contribution in [3.63, 3.8) is 0 Å². The zero-order chi connectivity index (χ0) is 15.7. The molecule has 0 radical (unpaired) electrons. The third-order valence-corrected chi connectivity index (χ3v) is 4.31. The van der Waals surface area contributed by atoms with Crippen molar-refractivity contribution in [3.05, 3.63) is 23.8 Å². The normalized spacial score (nSPS) is 12.2. The molecule has 5 heteroatoms. The molecule has 1 N–H and O–H groups in total. The van der Waals surface area contributed by atoms with Crippen molar-refractivity contribution in [2.45, 2.75) is 37.3 Å². The summed E-state index contributed by atoms with van der Waals surface area (Å²) >= 11 is 1.85. The van der Waals surface area contributed by atoms with Crippen LogP contribution in [0, 0.1) is 6.92 Å². The van der Waals surface area contributed by atoms with Crippen LogP contribution in [-0.4, -0.2) is 38.1 Å². The molecule has 1 amide bonds. The summed E-state index contributed by atoms with van der Waals surface area (Å²) in [5, 5.41) is 3.46. The van der Waals surface area contributed by atoms with Crippen molar-refractivity contribution in [2.24, 2.45) is 0 Å². The van der Waals surface area contributed by atoms with Gasteiger partial charge in [0.2, 0.25) is 5.91 Å². The van der Waals surface area contributed by atoms with Crippen molar-refractivity contribution in [1.29, 1.82) is 0 Å². The summed E-state index contributed by atoms with van der Waals surface area (Å²) in [6.07, 6.45) is 1.14. The fourth-order valence-electron chi connectivity index (χ4n) is 1.66. The molecule has 4 nitrogen and oxygen atoms in total. The number of anilines is 1. The van der Waals surface area contributed by atoms with Gasteiger partial charge in [-0.05, 0) is 37.1 Å². The standard InChI is InChI=1S/C16H25NO3S/c1-5-13(3)21-14-6-7-15(12(2)10-14)17-16(18)11-20-9-8-19-4/h6-7,10,13H,5,8-9,11H2,1-4H3,(H,17,18)/t13-/m0/s1. The Labute approximate surface area is 131 Å². The maximum Gasteiger partial charge on any atom is 0.250 e. The van der Waals surface area contributed by atoms with E-state index in [0.717, 1.165) is 17.7 Å². The lowest BCUT2D eigenvalue weighted by molar-refractivity contribution is -0.121. The van der Waals surface area contributed by atoms with Gasteiger partial charge in [-0.1, -0.05) is 13.8 Å². The van der Waals surface area contributed by atoms with Crippen LogP contribution in [0.4, 0.5) is 5.69 Å². The van der Waals surface area contributed by atoms with Gasteiger partial charge < -0.3 is 14.8 Å². The van der Waals surface area contributed by atoms with E-state index in [1.807, 2.05) is 30.8 Å². The van der Waals surface area contributed by atoms with Gasteiger partial charge in [0, 0.05) is 22.9 Å². The molecule has 0 saturated heterocycles. The molecule has 1 rings (SSSR count). The summed E-state index contributed by atoms with van der Waals surface area (Å²) in [6.45, 7) is 7.37. The predicted octanol–water partition coefficient (Wildman–Crippen LogP) is 3.49. The van der Waals surface area contributed by atoms with E-state index in [4.69, 9.17) is 9.47 Å². The first-order valence-electron chi connectivity index (χ1n) is 7.20. The Morgan fingerprint density at radius 2 is 2.14 bits per heavy atom. The lowest BCUT2D eigenvalue weighted by Crippen LogP contribution is -2.20.